The van der Waals surface area contributed by atoms with Gasteiger partial charge in [0.1, 0.15) is 0 Å². The summed E-state index contributed by atoms with van der Waals surface area (Å²) in [6.07, 6.45) is 12.1. The molecule has 2 rings (SSSR count). The molecule has 2 fully saturated rings. The highest BCUT2D eigenvalue weighted by molar-refractivity contribution is 4.85. The normalized spacial score (nSPS) is 24.2. The van der Waals surface area contributed by atoms with E-state index in [1.54, 1.807) is 0 Å². The van der Waals surface area contributed by atoms with Crippen LogP contribution in [-0.4, -0.2) is 48.3 Å². The first kappa shape index (κ1) is 14.3. The summed E-state index contributed by atoms with van der Waals surface area (Å²) in [5.74, 6) is 0. The topological polar surface area (TPSA) is 35.5 Å². The van der Waals surface area contributed by atoms with Crippen LogP contribution in [0.4, 0.5) is 0 Å². The molecule has 0 amide bonds. The van der Waals surface area contributed by atoms with Crippen molar-refractivity contribution in [3.63, 3.8) is 0 Å². The molecular formula is C15H30N2O. The van der Waals surface area contributed by atoms with Gasteiger partial charge >= 0.3 is 0 Å². The van der Waals surface area contributed by atoms with E-state index in [-0.39, 0.29) is 6.61 Å². The number of rotatable bonds is 7. The van der Waals surface area contributed by atoms with Crippen LogP contribution in [0.15, 0.2) is 0 Å². The van der Waals surface area contributed by atoms with Gasteiger partial charge in [0.05, 0.1) is 6.61 Å². The highest BCUT2D eigenvalue weighted by atomic mass is 16.3. The predicted octanol–water partition coefficient (Wildman–Crippen LogP) is 2.14. The van der Waals surface area contributed by atoms with E-state index in [0.29, 0.717) is 12.1 Å². The number of aliphatic hydroxyl groups excluding tert-OH is 1. The van der Waals surface area contributed by atoms with Crippen molar-refractivity contribution >= 4 is 0 Å². The number of nitrogens with one attached hydrogen (secondary N) is 1. The van der Waals surface area contributed by atoms with Crippen LogP contribution >= 0.6 is 0 Å². The first-order valence-corrected chi connectivity index (χ1v) is 7.86. The molecule has 0 radical (unpaired) electrons. The zero-order valence-corrected chi connectivity index (χ0v) is 11.9. The minimum Gasteiger partial charge on any atom is -0.395 e. The number of aliphatic hydroxyl groups is 1. The molecule has 2 aliphatic carbocycles. The SMILES string of the molecule is CN(CCC(CO)NC1CC1)C1CCCCCC1. The molecule has 18 heavy (non-hydrogen) atoms. The van der Waals surface area contributed by atoms with Crippen molar-refractivity contribution in [2.45, 2.75) is 75.9 Å². The maximum absolute atomic E-state index is 9.39. The van der Waals surface area contributed by atoms with E-state index in [1.165, 1.54) is 51.4 Å². The van der Waals surface area contributed by atoms with Gasteiger partial charge in [-0.1, -0.05) is 25.7 Å². The Balaban J connectivity index is 1.66. The first-order valence-electron chi connectivity index (χ1n) is 7.86. The van der Waals surface area contributed by atoms with Gasteiger partial charge in [-0.2, -0.15) is 0 Å². The molecule has 2 N–H and O–H groups in total. The molecule has 2 aliphatic rings. The Bertz CT molecular complexity index is 223. The summed E-state index contributed by atoms with van der Waals surface area (Å²) < 4.78 is 0. The minimum absolute atomic E-state index is 0.287. The van der Waals surface area contributed by atoms with E-state index in [1.807, 2.05) is 0 Å². The molecule has 3 nitrogen and oxygen atoms in total. The lowest BCUT2D eigenvalue weighted by molar-refractivity contribution is 0.184. The van der Waals surface area contributed by atoms with E-state index in [2.05, 4.69) is 17.3 Å². The minimum atomic E-state index is 0.287. The molecule has 0 bridgehead atoms. The van der Waals surface area contributed by atoms with E-state index < -0.39 is 0 Å². The van der Waals surface area contributed by atoms with Gasteiger partial charge in [-0.3, -0.25) is 0 Å². The second-order valence-electron chi connectivity index (χ2n) is 6.24. The standard InChI is InChI=1S/C15H30N2O/c1-17(15-6-4-2-3-5-7-15)11-10-14(12-18)16-13-8-9-13/h13-16,18H,2-12H2,1H3. The van der Waals surface area contributed by atoms with E-state index >= 15 is 0 Å². The Morgan fingerprint density at radius 1 is 1.11 bits per heavy atom. The fourth-order valence-corrected chi connectivity index (χ4v) is 3.05. The average Bonchev–Trinajstić information content (AvgIpc) is 3.20. The summed E-state index contributed by atoms with van der Waals surface area (Å²) in [4.78, 5) is 2.53. The zero-order chi connectivity index (χ0) is 12.8. The highest BCUT2D eigenvalue weighted by Gasteiger charge is 2.24. The highest BCUT2D eigenvalue weighted by Crippen LogP contribution is 2.22. The number of nitrogens with zero attached hydrogens (tertiary/aromatic N) is 1. The Labute approximate surface area is 112 Å². The van der Waals surface area contributed by atoms with Gasteiger partial charge in [0.25, 0.3) is 0 Å². The smallest absolute Gasteiger partial charge is 0.0585 e. The van der Waals surface area contributed by atoms with Crippen LogP contribution in [0.2, 0.25) is 0 Å². The Morgan fingerprint density at radius 3 is 2.33 bits per heavy atom. The third-order valence-corrected chi connectivity index (χ3v) is 4.55. The van der Waals surface area contributed by atoms with Crippen molar-refractivity contribution < 1.29 is 5.11 Å². The lowest BCUT2D eigenvalue weighted by atomic mass is 10.1. The summed E-state index contributed by atoms with van der Waals surface area (Å²) in [5, 5.41) is 12.9. The fourth-order valence-electron chi connectivity index (χ4n) is 3.05. The van der Waals surface area contributed by atoms with Crippen LogP contribution in [0, 0.1) is 0 Å². The van der Waals surface area contributed by atoms with Gasteiger partial charge in [0.15, 0.2) is 0 Å². The van der Waals surface area contributed by atoms with Crippen molar-refractivity contribution in [1.29, 1.82) is 0 Å². The summed E-state index contributed by atoms with van der Waals surface area (Å²) in [5.41, 5.74) is 0. The van der Waals surface area contributed by atoms with Crippen molar-refractivity contribution in [3.05, 3.63) is 0 Å². The molecule has 0 aromatic rings. The third-order valence-electron chi connectivity index (χ3n) is 4.55. The van der Waals surface area contributed by atoms with Crippen molar-refractivity contribution in [2.24, 2.45) is 0 Å². The average molecular weight is 254 g/mol. The number of hydrogen-bond donors (Lipinski definition) is 2. The summed E-state index contributed by atoms with van der Waals surface area (Å²) in [6, 6.07) is 1.80. The maximum atomic E-state index is 9.39. The van der Waals surface area contributed by atoms with Crippen LogP contribution in [0.25, 0.3) is 0 Å². The molecule has 2 saturated carbocycles. The number of hydrogen-bond acceptors (Lipinski definition) is 3. The van der Waals surface area contributed by atoms with Crippen LogP contribution in [-0.2, 0) is 0 Å². The Hall–Kier alpha value is -0.120. The van der Waals surface area contributed by atoms with Gasteiger partial charge in [-0.15, -0.1) is 0 Å². The van der Waals surface area contributed by atoms with E-state index in [9.17, 15) is 5.11 Å². The Kier molecular flexibility index (Phi) is 5.93. The monoisotopic (exact) mass is 254 g/mol. The molecule has 0 saturated heterocycles. The van der Waals surface area contributed by atoms with Crippen LogP contribution in [0.1, 0.15) is 57.8 Å². The second-order valence-corrected chi connectivity index (χ2v) is 6.24. The third kappa shape index (κ3) is 4.87. The van der Waals surface area contributed by atoms with Crippen LogP contribution < -0.4 is 5.32 Å². The van der Waals surface area contributed by atoms with E-state index in [4.69, 9.17) is 0 Å². The molecule has 3 heteroatoms. The molecule has 0 aromatic heterocycles. The van der Waals surface area contributed by atoms with Gasteiger partial charge < -0.3 is 15.3 Å². The van der Waals surface area contributed by atoms with Crippen molar-refractivity contribution in [1.82, 2.24) is 10.2 Å². The lowest BCUT2D eigenvalue weighted by Crippen LogP contribution is -2.39. The second kappa shape index (κ2) is 7.46. The van der Waals surface area contributed by atoms with Crippen LogP contribution in [0.5, 0.6) is 0 Å². The molecule has 1 unspecified atom stereocenters. The quantitative estimate of drug-likeness (QED) is 0.683. The molecule has 0 aromatic carbocycles. The molecule has 0 heterocycles. The van der Waals surface area contributed by atoms with Gasteiger partial charge in [-0.05, 0) is 45.7 Å². The molecule has 106 valence electrons. The Morgan fingerprint density at radius 2 is 1.78 bits per heavy atom. The lowest BCUT2D eigenvalue weighted by Gasteiger charge is -2.28. The maximum Gasteiger partial charge on any atom is 0.0585 e. The van der Waals surface area contributed by atoms with Gasteiger partial charge in [0, 0.05) is 18.1 Å². The molecule has 1 atom stereocenters. The van der Waals surface area contributed by atoms with E-state index in [0.717, 1.165) is 19.0 Å². The molecule has 0 spiro atoms. The summed E-state index contributed by atoms with van der Waals surface area (Å²) >= 11 is 0. The zero-order valence-electron chi connectivity index (χ0n) is 11.9. The van der Waals surface area contributed by atoms with Crippen LogP contribution in [0.3, 0.4) is 0 Å². The largest absolute Gasteiger partial charge is 0.395 e. The fraction of sp³-hybridized carbons (Fsp3) is 1.00. The van der Waals surface area contributed by atoms with Crippen molar-refractivity contribution in [3.8, 4) is 0 Å². The van der Waals surface area contributed by atoms with Gasteiger partial charge in [0.2, 0.25) is 0 Å². The molecular weight excluding hydrogens is 224 g/mol. The van der Waals surface area contributed by atoms with Crippen molar-refractivity contribution in [2.75, 3.05) is 20.2 Å². The summed E-state index contributed by atoms with van der Waals surface area (Å²) in [7, 11) is 2.27. The first-order chi connectivity index (χ1) is 8.79. The molecule has 0 aliphatic heterocycles. The van der Waals surface area contributed by atoms with Gasteiger partial charge in [-0.25, -0.2) is 0 Å². The summed E-state index contributed by atoms with van der Waals surface area (Å²) in [6.45, 7) is 1.41. The predicted molar refractivity (Wildman–Crippen MR) is 75.8 cm³/mol.